The third kappa shape index (κ3) is 4.56. The number of carbonyl (C=O) groups is 2. The lowest BCUT2D eigenvalue weighted by atomic mass is 9.83. The van der Waals surface area contributed by atoms with E-state index in [4.69, 9.17) is 23.2 Å². The maximum Gasteiger partial charge on any atom is 0.341 e. The van der Waals surface area contributed by atoms with E-state index in [1.807, 2.05) is 30.3 Å². The molecule has 0 saturated carbocycles. The predicted octanol–water partition coefficient (Wildman–Crippen LogP) is 3.67. The Morgan fingerprint density at radius 2 is 1.67 bits per heavy atom. The third-order valence-corrected chi connectivity index (χ3v) is 5.96. The lowest BCUT2D eigenvalue weighted by molar-refractivity contribution is -0.141. The van der Waals surface area contributed by atoms with Gasteiger partial charge in [0.15, 0.2) is 0 Å². The molecular formula is C26H20Cl2N2O3. The summed E-state index contributed by atoms with van der Waals surface area (Å²) in [6, 6.07) is 21.6. The van der Waals surface area contributed by atoms with Gasteiger partial charge in [-0.25, -0.2) is 4.79 Å². The first kappa shape index (κ1) is 22.8. The molecule has 1 aliphatic heterocycles. The number of fused-ring (bicyclic) bond motifs is 1. The van der Waals surface area contributed by atoms with Gasteiger partial charge in [0, 0.05) is 28.4 Å². The van der Waals surface area contributed by atoms with Crippen molar-refractivity contribution in [2.24, 2.45) is 4.99 Å². The highest BCUT2D eigenvalue weighted by Crippen LogP contribution is 2.37. The van der Waals surface area contributed by atoms with E-state index in [1.54, 1.807) is 36.4 Å². The van der Waals surface area contributed by atoms with Gasteiger partial charge >= 0.3 is 5.97 Å². The van der Waals surface area contributed by atoms with E-state index in [2.05, 4.69) is 10.3 Å². The molecule has 7 heteroatoms. The first-order valence-electron chi connectivity index (χ1n) is 10.3. The molecule has 0 fully saturated rings. The van der Waals surface area contributed by atoms with Crippen LogP contribution >= 0.6 is 23.2 Å². The third-order valence-electron chi connectivity index (χ3n) is 5.44. The van der Waals surface area contributed by atoms with Crippen LogP contribution in [0.1, 0.15) is 11.1 Å². The van der Waals surface area contributed by atoms with Crippen LogP contribution in [0.2, 0.25) is 10.0 Å². The van der Waals surface area contributed by atoms with Crippen LogP contribution in [0.3, 0.4) is 0 Å². The van der Waals surface area contributed by atoms with Crippen LogP contribution < -0.4 is 15.9 Å². The zero-order valence-corrected chi connectivity index (χ0v) is 19.0. The second-order valence-electron chi connectivity index (χ2n) is 7.55. The Morgan fingerprint density at radius 3 is 2.33 bits per heavy atom. The summed E-state index contributed by atoms with van der Waals surface area (Å²) in [4.78, 5) is 29.7. The SMILES string of the molecule is O=C(/C=C\C1=c2c(Cl)cc(Cl)cc2=NC1(C(=O)O)c1ccccc1)NCCc1ccccc1. The van der Waals surface area contributed by atoms with Crippen molar-refractivity contribution in [2.45, 2.75) is 12.0 Å². The molecule has 1 amide bonds. The first-order chi connectivity index (χ1) is 15.9. The molecule has 0 radical (unpaired) electrons. The molecule has 5 nitrogen and oxygen atoms in total. The van der Waals surface area contributed by atoms with Gasteiger partial charge in [-0.3, -0.25) is 9.79 Å². The molecule has 1 atom stereocenters. The van der Waals surface area contributed by atoms with Crippen molar-refractivity contribution in [3.63, 3.8) is 0 Å². The summed E-state index contributed by atoms with van der Waals surface area (Å²) in [7, 11) is 0. The van der Waals surface area contributed by atoms with Crippen molar-refractivity contribution >= 4 is 40.7 Å². The fourth-order valence-electron chi connectivity index (χ4n) is 3.92. The Balaban J connectivity index is 1.71. The van der Waals surface area contributed by atoms with Crippen molar-refractivity contribution in [1.82, 2.24) is 5.32 Å². The van der Waals surface area contributed by atoms with Crippen molar-refractivity contribution in [1.29, 1.82) is 0 Å². The minimum Gasteiger partial charge on any atom is -0.479 e. The average Bonchev–Trinajstić information content (AvgIpc) is 3.14. The van der Waals surface area contributed by atoms with Crippen LogP contribution in [-0.2, 0) is 21.5 Å². The van der Waals surface area contributed by atoms with Crippen molar-refractivity contribution in [3.05, 3.63) is 117 Å². The number of carboxylic acids is 1. The molecule has 0 spiro atoms. The van der Waals surface area contributed by atoms with Crippen molar-refractivity contribution in [3.8, 4) is 0 Å². The van der Waals surface area contributed by atoms with Crippen LogP contribution in [0, 0.1) is 0 Å². The van der Waals surface area contributed by atoms with E-state index in [1.165, 1.54) is 18.2 Å². The monoisotopic (exact) mass is 478 g/mol. The Bertz CT molecular complexity index is 1360. The van der Waals surface area contributed by atoms with E-state index in [0.29, 0.717) is 39.7 Å². The standard InChI is InChI=1S/C26H20Cl2N2O3/c27-19-15-21(28)24-20(11-12-23(31)29-14-13-17-7-3-1-4-8-17)26(25(32)33,30-22(24)16-19)18-9-5-2-6-10-18/h1-12,15-16H,13-14H2,(H,29,31)(H,32,33)/b12-11-. The molecule has 1 unspecified atom stereocenters. The minimum absolute atomic E-state index is 0.268. The summed E-state index contributed by atoms with van der Waals surface area (Å²) in [5.74, 6) is -1.52. The largest absolute Gasteiger partial charge is 0.479 e. The molecule has 0 aliphatic carbocycles. The van der Waals surface area contributed by atoms with E-state index < -0.39 is 11.5 Å². The lowest BCUT2D eigenvalue weighted by Gasteiger charge is -2.24. The topological polar surface area (TPSA) is 78.8 Å². The molecule has 1 heterocycles. The van der Waals surface area contributed by atoms with Gasteiger partial charge in [-0.05, 0) is 35.8 Å². The average molecular weight is 479 g/mol. The first-order valence-corrected chi connectivity index (χ1v) is 11.1. The van der Waals surface area contributed by atoms with Crippen LogP contribution in [0.15, 0.2) is 89.9 Å². The molecule has 0 saturated heterocycles. The number of carbonyl (C=O) groups excluding carboxylic acids is 1. The molecule has 1 aliphatic rings. The van der Waals surface area contributed by atoms with Gasteiger partial charge in [-0.2, -0.15) is 0 Å². The Labute approximate surface area is 200 Å². The number of nitrogens with zero attached hydrogens (tertiary/aromatic N) is 1. The maximum atomic E-state index is 12.6. The van der Waals surface area contributed by atoms with Gasteiger partial charge in [0.2, 0.25) is 11.4 Å². The number of benzene rings is 3. The number of nitrogens with one attached hydrogen (secondary N) is 1. The Hall–Kier alpha value is -3.41. The molecule has 166 valence electrons. The summed E-state index contributed by atoms with van der Waals surface area (Å²) in [5, 5.41) is 14.6. The Kier molecular flexibility index (Phi) is 6.63. The summed E-state index contributed by atoms with van der Waals surface area (Å²) in [6.45, 7) is 0.447. The molecule has 3 aromatic carbocycles. The minimum atomic E-state index is -1.75. The van der Waals surface area contributed by atoms with Crippen LogP contribution in [0.4, 0.5) is 0 Å². The maximum absolute atomic E-state index is 12.6. The zero-order valence-electron chi connectivity index (χ0n) is 17.5. The normalized spacial score (nSPS) is 17.0. The fourth-order valence-corrected chi connectivity index (χ4v) is 4.50. The highest BCUT2D eigenvalue weighted by atomic mass is 35.5. The predicted molar refractivity (Wildman–Crippen MR) is 129 cm³/mol. The quantitative estimate of drug-likeness (QED) is 0.508. The van der Waals surface area contributed by atoms with Gasteiger partial charge in [-0.15, -0.1) is 0 Å². The highest BCUT2D eigenvalue weighted by Gasteiger charge is 2.46. The van der Waals surface area contributed by atoms with Crippen LogP contribution in [0.5, 0.6) is 0 Å². The van der Waals surface area contributed by atoms with Gasteiger partial charge < -0.3 is 10.4 Å². The van der Waals surface area contributed by atoms with Crippen LogP contribution in [-0.4, -0.2) is 23.5 Å². The highest BCUT2D eigenvalue weighted by molar-refractivity contribution is 6.34. The number of aliphatic carboxylic acids is 1. The second kappa shape index (κ2) is 9.61. The van der Waals surface area contributed by atoms with Gasteiger partial charge in [0.25, 0.3) is 0 Å². The number of amides is 1. The lowest BCUT2D eigenvalue weighted by Crippen LogP contribution is -2.35. The number of carboxylic acid groups (broad SMARTS) is 1. The summed E-state index contributed by atoms with van der Waals surface area (Å²) in [5.41, 5.74) is 0.108. The fraction of sp³-hybridized carbons (Fsp3) is 0.115. The summed E-state index contributed by atoms with van der Waals surface area (Å²) < 4.78 is 0. The van der Waals surface area contributed by atoms with E-state index in [9.17, 15) is 14.7 Å². The molecule has 0 bridgehead atoms. The number of hydrogen-bond acceptors (Lipinski definition) is 3. The molecule has 4 rings (SSSR count). The number of rotatable bonds is 7. The second-order valence-corrected chi connectivity index (χ2v) is 8.39. The van der Waals surface area contributed by atoms with Gasteiger partial charge in [-0.1, -0.05) is 83.9 Å². The molecule has 3 aromatic rings. The summed E-state index contributed by atoms with van der Waals surface area (Å²) in [6.07, 6.45) is 3.48. The van der Waals surface area contributed by atoms with Crippen molar-refractivity contribution < 1.29 is 14.7 Å². The van der Waals surface area contributed by atoms with Gasteiger partial charge in [0.05, 0.1) is 10.4 Å². The summed E-state index contributed by atoms with van der Waals surface area (Å²) >= 11 is 12.6. The van der Waals surface area contributed by atoms with Gasteiger partial charge in [0.1, 0.15) is 0 Å². The number of hydrogen-bond donors (Lipinski definition) is 2. The molecule has 2 N–H and O–H groups in total. The Morgan fingerprint density at radius 1 is 1.00 bits per heavy atom. The van der Waals surface area contributed by atoms with E-state index in [0.717, 1.165) is 5.56 Å². The van der Waals surface area contributed by atoms with Crippen LogP contribution in [0.25, 0.3) is 5.57 Å². The van der Waals surface area contributed by atoms with E-state index >= 15 is 0 Å². The van der Waals surface area contributed by atoms with E-state index in [-0.39, 0.29) is 10.9 Å². The smallest absolute Gasteiger partial charge is 0.341 e. The molecular weight excluding hydrogens is 459 g/mol. The molecule has 33 heavy (non-hydrogen) atoms. The molecule has 0 aromatic heterocycles. The number of halogens is 2. The zero-order chi connectivity index (χ0) is 23.4. The van der Waals surface area contributed by atoms with Crippen molar-refractivity contribution in [2.75, 3.05) is 6.54 Å².